The van der Waals surface area contributed by atoms with Gasteiger partial charge in [0.25, 0.3) is 0 Å². The lowest BCUT2D eigenvalue weighted by Gasteiger charge is -2.49. The summed E-state index contributed by atoms with van der Waals surface area (Å²) in [6.07, 6.45) is 7.00. The van der Waals surface area contributed by atoms with Gasteiger partial charge in [0.2, 0.25) is 0 Å². The number of nitrogens with one attached hydrogen (secondary N) is 1. The van der Waals surface area contributed by atoms with Crippen molar-refractivity contribution in [2.45, 2.75) is 71.0 Å². The minimum absolute atomic E-state index is 0.709. The van der Waals surface area contributed by atoms with Crippen LogP contribution in [-0.4, -0.2) is 61.2 Å². The molecule has 0 aromatic carbocycles. The third-order valence-electron chi connectivity index (χ3n) is 5.40. The van der Waals surface area contributed by atoms with E-state index in [4.69, 9.17) is 0 Å². The van der Waals surface area contributed by atoms with E-state index < -0.39 is 0 Å². The first-order chi connectivity index (χ1) is 9.65. The Morgan fingerprint density at radius 1 is 1.15 bits per heavy atom. The quantitative estimate of drug-likeness (QED) is 0.835. The summed E-state index contributed by atoms with van der Waals surface area (Å²) in [6, 6.07) is 2.20. The Morgan fingerprint density at radius 3 is 2.60 bits per heavy atom. The molecule has 1 N–H and O–H groups in total. The van der Waals surface area contributed by atoms with E-state index in [1.807, 2.05) is 0 Å². The maximum atomic E-state index is 3.77. The zero-order chi connectivity index (χ0) is 14.5. The van der Waals surface area contributed by atoms with Gasteiger partial charge in [0, 0.05) is 37.8 Å². The fourth-order valence-corrected chi connectivity index (χ4v) is 4.42. The van der Waals surface area contributed by atoms with Crippen LogP contribution < -0.4 is 5.32 Å². The van der Waals surface area contributed by atoms with E-state index in [9.17, 15) is 0 Å². The van der Waals surface area contributed by atoms with Gasteiger partial charge >= 0.3 is 0 Å². The van der Waals surface area contributed by atoms with Crippen molar-refractivity contribution in [1.82, 2.24) is 15.1 Å². The van der Waals surface area contributed by atoms with Gasteiger partial charge in [0.1, 0.15) is 0 Å². The van der Waals surface area contributed by atoms with Crippen molar-refractivity contribution in [2.75, 3.05) is 33.2 Å². The second kappa shape index (κ2) is 7.77. The summed E-state index contributed by atoms with van der Waals surface area (Å²) >= 11 is 0. The Bertz CT molecular complexity index is 281. The van der Waals surface area contributed by atoms with Crippen molar-refractivity contribution in [3.05, 3.63) is 0 Å². The topological polar surface area (TPSA) is 18.5 Å². The number of nitrogens with zero attached hydrogens (tertiary/aromatic N) is 2. The highest BCUT2D eigenvalue weighted by atomic mass is 15.3. The molecule has 3 heteroatoms. The van der Waals surface area contributed by atoms with Crippen molar-refractivity contribution in [3.8, 4) is 0 Å². The molecular formula is C17H35N3. The van der Waals surface area contributed by atoms with Crippen LogP contribution in [0.3, 0.4) is 0 Å². The predicted octanol–water partition coefficient (Wildman–Crippen LogP) is 2.57. The Kier molecular flexibility index (Phi) is 6.31. The second-order valence-corrected chi connectivity index (χ2v) is 7.05. The fourth-order valence-electron chi connectivity index (χ4n) is 4.42. The zero-order valence-corrected chi connectivity index (χ0v) is 14.1. The molecule has 4 unspecified atom stereocenters. The monoisotopic (exact) mass is 281 g/mol. The van der Waals surface area contributed by atoms with Gasteiger partial charge in [0.15, 0.2) is 0 Å². The third kappa shape index (κ3) is 3.96. The smallest absolute Gasteiger partial charge is 0.0255 e. The third-order valence-corrected chi connectivity index (χ3v) is 5.40. The Morgan fingerprint density at radius 2 is 1.95 bits per heavy atom. The molecule has 0 amide bonds. The van der Waals surface area contributed by atoms with E-state index in [0.717, 1.165) is 24.5 Å². The first-order valence-electron chi connectivity index (χ1n) is 8.83. The van der Waals surface area contributed by atoms with Crippen LogP contribution in [0.2, 0.25) is 0 Å². The van der Waals surface area contributed by atoms with Gasteiger partial charge in [-0.25, -0.2) is 0 Å². The molecule has 2 fully saturated rings. The molecule has 0 spiro atoms. The largest absolute Gasteiger partial charge is 0.313 e. The summed E-state index contributed by atoms with van der Waals surface area (Å²) in [5.74, 6) is 0.965. The predicted molar refractivity (Wildman–Crippen MR) is 87.2 cm³/mol. The van der Waals surface area contributed by atoms with Crippen LogP contribution in [0.4, 0.5) is 0 Å². The van der Waals surface area contributed by atoms with Crippen LogP contribution in [0, 0.1) is 5.92 Å². The molecule has 0 aromatic heterocycles. The summed E-state index contributed by atoms with van der Waals surface area (Å²) in [5, 5.41) is 3.77. The average molecular weight is 281 g/mol. The molecule has 1 aliphatic heterocycles. The van der Waals surface area contributed by atoms with E-state index in [2.05, 4.69) is 42.9 Å². The molecule has 2 rings (SSSR count). The number of hydrogen-bond acceptors (Lipinski definition) is 3. The van der Waals surface area contributed by atoms with Crippen LogP contribution in [0.15, 0.2) is 0 Å². The van der Waals surface area contributed by atoms with E-state index in [0.29, 0.717) is 6.04 Å². The molecule has 1 saturated carbocycles. The lowest BCUT2D eigenvalue weighted by atomic mass is 9.79. The van der Waals surface area contributed by atoms with Crippen molar-refractivity contribution >= 4 is 0 Å². The molecule has 2 aliphatic rings. The normalized spacial score (nSPS) is 37.2. The molecule has 1 saturated heterocycles. The Balaban J connectivity index is 2.02. The molecule has 1 heterocycles. The highest BCUT2D eigenvalue weighted by Crippen LogP contribution is 2.32. The van der Waals surface area contributed by atoms with Crippen LogP contribution >= 0.6 is 0 Å². The number of rotatable bonds is 5. The SMILES string of the molecule is CCCC1CCC(NCC)C(N2CCN(C)CC2C)C1. The van der Waals surface area contributed by atoms with Gasteiger partial charge in [-0.15, -0.1) is 0 Å². The summed E-state index contributed by atoms with van der Waals surface area (Å²) in [4.78, 5) is 5.30. The van der Waals surface area contributed by atoms with Crippen molar-refractivity contribution < 1.29 is 0 Å². The molecule has 20 heavy (non-hydrogen) atoms. The number of likely N-dealkylation sites (N-methyl/N-ethyl adjacent to an activating group) is 2. The summed E-state index contributed by atoms with van der Waals surface area (Å²) < 4.78 is 0. The minimum Gasteiger partial charge on any atom is -0.313 e. The highest BCUT2D eigenvalue weighted by molar-refractivity contribution is 4.94. The first kappa shape index (κ1) is 16.3. The van der Waals surface area contributed by atoms with Crippen LogP contribution in [0.1, 0.15) is 52.9 Å². The lowest BCUT2D eigenvalue weighted by molar-refractivity contribution is 0.0178. The molecule has 0 aromatic rings. The van der Waals surface area contributed by atoms with Crippen molar-refractivity contribution in [1.29, 1.82) is 0 Å². The van der Waals surface area contributed by atoms with Gasteiger partial charge in [-0.2, -0.15) is 0 Å². The standard InChI is InChI=1S/C17H35N3/c1-5-7-15-8-9-16(18-6-2)17(12-15)20-11-10-19(4)13-14(20)3/h14-18H,5-13H2,1-4H3. The summed E-state index contributed by atoms with van der Waals surface area (Å²) in [7, 11) is 2.26. The Labute approximate surface area is 126 Å². The van der Waals surface area contributed by atoms with E-state index in [1.54, 1.807) is 0 Å². The van der Waals surface area contributed by atoms with E-state index in [-0.39, 0.29) is 0 Å². The van der Waals surface area contributed by atoms with Crippen LogP contribution in [-0.2, 0) is 0 Å². The van der Waals surface area contributed by atoms with Crippen molar-refractivity contribution in [3.63, 3.8) is 0 Å². The molecule has 118 valence electrons. The maximum Gasteiger partial charge on any atom is 0.0255 e. The van der Waals surface area contributed by atoms with E-state index >= 15 is 0 Å². The Hall–Kier alpha value is -0.120. The van der Waals surface area contributed by atoms with Gasteiger partial charge in [-0.3, -0.25) is 4.90 Å². The molecule has 4 atom stereocenters. The molecular weight excluding hydrogens is 246 g/mol. The minimum atomic E-state index is 0.709. The van der Waals surface area contributed by atoms with Crippen LogP contribution in [0.25, 0.3) is 0 Å². The maximum absolute atomic E-state index is 3.77. The average Bonchev–Trinajstić information content (AvgIpc) is 2.41. The van der Waals surface area contributed by atoms with Gasteiger partial charge in [0.05, 0.1) is 0 Å². The summed E-state index contributed by atoms with van der Waals surface area (Å²) in [5.41, 5.74) is 0. The van der Waals surface area contributed by atoms with Gasteiger partial charge in [-0.1, -0.05) is 26.7 Å². The fraction of sp³-hybridized carbons (Fsp3) is 1.00. The van der Waals surface area contributed by atoms with E-state index in [1.165, 1.54) is 51.7 Å². The molecule has 0 radical (unpaired) electrons. The lowest BCUT2D eigenvalue weighted by Crippen LogP contribution is -2.61. The van der Waals surface area contributed by atoms with Gasteiger partial charge < -0.3 is 10.2 Å². The van der Waals surface area contributed by atoms with Crippen molar-refractivity contribution in [2.24, 2.45) is 5.92 Å². The number of piperazine rings is 1. The molecule has 1 aliphatic carbocycles. The summed E-state index contributed by atoms with van der Waals surface area (Å²) in [6.45, 7) is 11.8. The van der Waals surface area contributed by atoms with Crippen LogP contribution in [0.5, 0.6) is 0 Å². The van der Waals surface area contributed by atoms with Gasteiger partial charge in [-0.05, 0) is 45.7 Å². The number of hydrogen-bond donors (Lipinski definition) is 1. The second-order valence-electron chi connectivity index (χ2n) is 7.05. The highest BCUT2D eigenvalue weighted by Gasteiger charge is 2.37. The first-order valence-corrected chi connectivity index (χ1v) is 8.83. The molecule has 3 nitrogen and oxygen atoms in total. The molecule has 0 bridgehead atoms. The zero-order valence-electron chi connectivity index (χ0n) is 14.1.